The van der Waals surface area contributed by atoms with E-state index in [0.29, 0.717) is 84.6 Å². The molecular weight excluding hydrogens is 783 g/mol. The first-order chi connectivity index (χ1) is 30.7. The zero-order valence-corrected chi connectivity index (χ0v) is 37.5. The molecule has 14 rings (SSSR count). The fourth-order valence-electron chi connectivity index (χ4n) is 18.9. The molecule has 1 aromatic rings. The summed E-state index contributed by atoms with van der Waals surface area (Å²) in [5, 5.41) is 13.7. The highest BCUT2D eigenvalue weighted by atomic mass is 16.6. The number of esters is 2. The van der Waals surface area contributed by atoms with E-state index in [9.17, 15) is 9.90 Å². The Bertz CT molecular complexity index is 2390. The third-order valence-corrected chi connectivity index (χ3v) is 20.9. The predicted molar refractivity (Wildman–Crippen MR) is 240 cm³/mol. The van der Waals surface area contributed by atoms with Crippen molar-refractivity contribution < 1.29 is 24.2 Å². The van der Waals surface area contributed by atoms with Crippen molar-refractivity contribution in [1.29, 1.82) is 0 Å². The monoisotopic (exact) mass is 850 g/mol. The van der Waals surface area contributed by atoms with Gasteiger partial charge in [0.05, 0.1) is 17.0 Å². The maximum absolute atomic E-state index is 16.1. The van der Waals surface area contributed by atoms with Crippen molar-refractivity contribution in [2.75, 3.05) is 19.6 Å². The van der Waals surface area contributed by atoms with Crippen molar-refractivity contribution >= 4 is 11.9 Å². The van der Waals surface area contributed by atoms with Crippen LogP contribution in [0.2, 0.25) is 0 Å². The van der Waals surface area contributed by atoms with Gasteiger partial charge in [-0.2, -0.15) is 0 Å². The molecule has 7 bridgehead atoms. The first kappa shape index (κ1) is 38.6. The second-order valence-corrected chi connectivity index (χ2v) is 23.4. The number of aryl methyl sites for hydroxylation is 1. The molecule has 3 N–H and O–H groups in total. The minimum Gasteiger partial charge on any atom is -0.508 e. The molecule has 15 atom stereocenters. The van der Waals surface area contributed by atoms with E-state index in [1.54, 1.807) is 5.70 Å². The summed E-state index contributed by atoms with van der Waals surface area (Å²) in [6.45, 7) is 7.52. The molecule has 3 spiro atoms. The van der Waals surface area contributed by atoms with Crippen LogP contribution < -0.4 is 5.73 Å². The highest BCUT2D eigenvalue weighted by Crippen LogP contribution is 2.88. The number of carbonyl (C=O) groups is 2. The number of piperidine rings is 3. The van der Waals surface area contributed by atoms with Gasteiger partial charge >= 0.3 is 11.9 Å². The number of hydrogen-bond acceptors (Lipinski definition) is 8. The van der Waals surface area contributed by atoms with Crippen LogP contribution in [0.4, 0.5) is 0 Å². The minimum absolute atomic E-state index is 0.0863. The number of nitrogens with zero attached hydrogens (tertiary/aromatic N) is 2. The van der Waals surface area contributed by atoms with E-state index in [4.69, 9.17) is 15.2 Å². The molecule has 13 aliphatic rings. The molecule has 0 amide bonds. The molecule has 8 nitrogen and oxygen atoms in total. The van der Waals surface area contributed by atoms with Gasteiger partial charge in [-0.05, 0) is 135 Å². The molecule has 0 unspecified atom stereocenters. The SMILES string of the molecule is C[C@@H]1/C=C\[C@@H]2C[C@H]3[C@@H]4C5=C2[C@]26C(=O)O/C(=C(/O)[C@@H]7CC[C@@H]8[C@H]9C[C@@H](CN8[C@H]7CC7CCCCC7)[C@@H]7C=CC(=C4N7C9)C[C@H]3C)[C@@]2(CC5)[C@]2(OC(=O)c3c(CCCN)cccc32)[C@H]6C1. The van der Waals surface area contributed by atoms with Crippen LogP contribution in [0, 0.1) is 70.0 Å². The van der Waals surface area contributed by atoms with Gasteiger partial charge in [0.1, 0.15) is 11.2 Å². The van der Waals surface area contributed by atoms with Crippen LogP contribution in [-0.2, 0) is 26.3 Å². The number of allylic oxidation sites excluding steroid dienone is 5. The van der Waals surface area contributed by atoms with E-state index in [1.807, 2.05) is 0 Å². The van der Waals surface area contributed by atoms with Crippen LogP contribution in [0.1, 0.15) is 132 Å². The van der Waals surface area contributed by atoms with Crippen molar-refractivity contribution in [2.45, 2.75) is 140 Å². The van der Waals surface area contributed by atoms with Crippen LogP contribution in [0.3, 0.4) is 0 Å². The van der Waals surface area contributed by atoms with Gasteiger partial charge in [-0.15, -0.1) is 0 Å². The lowest BCUT2D eigenvalue weighted by atomic mass is 9.27. The molecule has 63 heavy (non-hydrogen) atoms. The highest BCUT2D eigenvalue weighted by molar-refractivity contribution is 6.00. The third-order valence-electron chi connectivity index (χ3n) is 20.9. The van der Waals surface area contributed by atoms with Crippen molar-refractivity contribution in [3.63, 3.8) is 0 Å². The van der Waals surface area contributed by atoms with Crippen molar-refractivity contribution in [3.8, 4) is 0 Å². The molecule has 8 heteroatoms. The summed E-state index contributed by atoms with van der Waals surface area (Å²) >= 11 is 0. The minimum atomic E-state index is -1.14. The van der Waals surface area contributed by atoms with E-state index in [0.717, 1.165) is 69.2 Å². The topological polar surface area (TPSA) is 105 Å². The molecule has 0 radical (unpaired) electrons. The van der Waals surface area contributed by atoms with Gasteiger partial charge in [0.2, 0.25) is 0 Å². The van der Waals surface area contributed by atoms with Crippen LogP contribution in [0.5, 0.6) is 0 Å². The zero-order valence-electron chi connectivity index (χ0n) is 37.5. The summed E-state index contributed by atoms with van der Waals surface area (Å²) in [6, 6.07) is 7.37. The average molecular weight is 850 g/mol. The number of hydrogen-bond donors (Lipinski definition) is 2. The summed E-state index contributed by atoms with van der Waals surface area (Å²) in [7, 11) is 0. The molecule has 2 saturated carbocycles. The first-order valence-corrected chi connectivity index (χ1v) is 25.8. The van der Waals surface area contributed by atoms with Gasteiger partial charge in [0, 0.05) is 54.2 Å². The van der Waals surface area contributed by atoms with Gasteiger partial charge in [-0.1, -0.05) is 94.0 Å². The standard InChI is InChI=1S/C55H67N3O5/c1-29-13-14-33-26-39-30(2)23-34-15-17-42-35-25-36-28-58(42)48(34)46(39)38-19-20-53-50(49(59)37-16-18-41(36)57(27-35)43(37)24-31-8-4-3-5-9-31)62-52(61)54(53,47(33)38)44(22-29)55(53)40-12-6-10-32(11-7-21-56)45(40)51(60)63-55/h6,10,12-15,17,29-31,33,35-37,39,41-44,46,59H,3-5,7-9,11,16,18-28,56H2,1-2H3/b14-13-,50-49+/t29-,30-,33-,35+,36+,37-,39-,41-,42+,43+,44+,46+,53-,54-,55-/m1/s1. The van der Waals surface area contributed by atoms with Gasteiger partial charge in [-0.3, -0.25) is 9.69 Å². The molecule has 7 heterocycles. The Morgan fingerprint density at radius 2 is 1.84 bits per heavy atom. The average Bonchev–Trinajstić information content (AvgIpc) is 3.75. The molecule has 7 aliphatic heterocycles. The first-order valence-electron chi connectivity index (χ1n) is 25.8. The van der Waals surface area contributed by atoms with Gasteiger partial charge in [0.15, 0.2) is 11.4 Å². The summed E-state index contributed by atoms with van der Waals surface area (Å²) in [4.78, 5) is 36.9. The Morgan fingerprint density at radius 3 is 2.70 bits per heavy atom. The quantitative estimate of drug-likeness (QED) is 0.223. The second kappa shape index (κ2) is 13.3. The molecule has 6 fully saturated rings. The molecule has 332 valence electrons. The number of ether oxygens (including phenoxy) is 2. The zero-order chi connectivity index (χ0) is 42.3. The van der Waals surface area contributed by atoms with E-state index in [-0.39, 0.29) is 47.6 Å². The maximum Gasteiger partial charge on any atom is 0.339 e. The molecule has 4 saturated heterocycles. The van der Waals surface area contributed by atoms with Gasteiger partial charge in [-0.25, -0.2) is 4.79 Å². The summed E-state index contributed by atoms with van der Waals surface area (Å²) in [5.41, 5.74) is 11.3. The number of rotatable bonds is 5. The highest BCUT2D eigenvalue weighted by Gasteiger charge is 2.94. The molecule has 0 aromatic heterocycles. The number of fused-ring (bicyclic) bond motifs is 8. The molecule has 6 aliphatic carbocycles. The lowest BCUT2D eigenvalue weighted by Gasteiger charge is -2.73. The molecular formula is C55H67N3O5. The van der Waals surface area contributed by atoms with E-state index < -0.39 is 16.4 Å². The van der Waals surface area contributed by atoms with Crippen LogP contribution in [0.25, 0.3) is 0 Å². The van der Waals surface area contributed by atoms with E-state index in [2.05, 4.69) is 66.2 Å². The predicted octanol–water partition coefficient (Wildman–Crippen LogP) is 9.43. The Kier molecular flexibility index (Phi) is 8.13. The van der Waals surface area contributed by atoms with Crippen molar-refractivity contribution in [3.05, 3.63) is 93.1 Å². The maximum atomic E-state index is 16.1. The Labute approximate surface area is 373 Å². The van der Waals surface area contributed by atoms with E-state index >= 15 is 4.79 Å². The Morgan fingerprint density at radius 1 is 0.968 bits per heavy atom. The fourth-order valence-corrected chi connectivity index (χ4v) is 18.9. The molecule has 1 aromatic carbocycles. The third kappa shape index (κ3) is 4.53. The van der Waals surface area contributed by atoms with Gasteiger partial charge < -0.3 is 25.2 Å². The Balaban J connectivity index is 1.07. The lowest BCUT2D eigenvalue weighted by Crippen LogP contribution is -2.78. The number of benzene rings is 1. The lowest BCUT2D eigenvalue weighted by molar-refractivity contribution is -0.281. The Hall–Kier alpha value is -3.62. The largest absolute Gasteiger partial charge is 0.508 e. The number of nitrogens with two attached hydrogens (primary N) is 1. The van der Waals surface area contributed by atoms with Crippen molar-refractivity contribution in [1.82, 2.24) is 9.80 Å². The van der Waals surface area contributed by atoms with Crippen LogP contribution in [-0.4, -0.2) is 64.6 Å². The smallest absolute Gasteiger partial charge is 0.339 e. The number of carbonyl (C=O) groups excluding carboxylic acids is 2. The number of aliphatic hydroxyl groups excluding tert-OH is 1. The normalized spacial score (nSPS) is 47.7. The summed E-state index contributed by atoms with van der Waals surface area (Å²) < 4.78 is 14.4. The van der Waals surface area contributed by atoms with Crippen molar-refractivity contribution in [2.24, 2.45) is 75.7 Å². The summed E-state index contributed by atoms with van der Waals surface area (Å²) in [6.07, 6.45) is 26.6. The van der Waals surface area contributed by atoms with Gasteiger partial charge in [0.25, 0.3) is 0 Å². The second-order valence-electron chi connectivity index (χ2n) is 23.4. The van der Waals surface area contributed by atoms with E-state index in [1.165, 1.54) is 55.2 Å². The number of aliphatic hydroxyl groups is 1. The fraction of sp³-hybridized carbons (Fsp3) is 0.673. The van der Waals surface area contributed by atoms with Crippen LogP contribution >= 0.6 is 0 Å². The summed E-state index contributed by atoms with van der Waals surface area (Å²) in [5.74, 6) is 3.14. The van der Waals surface area contributed by atoms with Crippen LogP contribution in [0.15, 0.2) is 76.4 Å².